The van der Waals surface area contributed by atoms with Crippen molar-refractivity contribution in [3.05, 3.63) is 83.2 Å². The molecule has 3 aromatic carbocycles. The van der Waals surface area contributed by atoms with Gasteiger partial charge < -0.3 is 20.3 Å². The number of hydrogen-bond donors (Lipinski definition) is 2. The number of methoxy groups -OCH3 is 1. The molecule has 0 fully saturated rings. The highest BCUT2D eigenvalue weighted by molar-refractivity contribution is 5.71. The van der Waals surface area contributed by atoms with Crippen molar-refractivity contribution < 1.29 is 23.8 Å². The number of carboxylic acids is 1. The number of halogens is 1. The summed E-state index contributed by atoms with van der Waals surface area (Å²) in [5, 5.41) is 9.09. The Balaban J connectivity index is 1.92. The first-order valence-electron chi connectivity index (χ1n) is 9.54. The largest absolute Gasteiger partial charge is 0.496 e. The minimum absolute atomic E-state index is 0.136. The Morgan fingerprint density at radius 2 is 1.83 bits per heavy atom. The van der Waals surface area contributed by atoms with Crippen LogP contribution in [0.3, 0.4) is 0 Å². The molecular formula is C24H24FNO4. The van der Waals surface area contributed by atoms with Crippen LogP contribution in [0.5, 0.6) is 11.5 Å². The van der Waals surface area contributed by atoms with Gasteiger partial charge in [0.05, 0.1) is 13.5 Å². The lowest BCUT2D eigenvalue weighted by molar-refractivity contribution is -0.136. The smallest absolute Gasteiger partial charge is 0.307 e. The molecule has 0 aliphatic heterocycles. The Bertz CT molecular complexity index is 1050. The van der Waals surface area contributed by atoms with Gasteiger partial charge in [0.25, 0.3) is 0 Å². The number of aliphatic carboxylic acids is 1. The zero-order chi connectivity index (χ0) is 21.7. The first-order chi connectivity index (χ1) is 14.4. The molecule has 0 spiro atoms. The van der Waals surface area contributed by atoms with Crippen molar-refractivity contribution >= 4 is 5.97 Å². The highest BCUT2D eigenvalue weighted by atomic mass is 19.1. The van der Waals surface area contributed by atoms with Gasteiger partial charge in [0.2, 0.25) is 0 Å². The van der Waals surface area contributed by atoms with E-state index in [1.165, 1.54) is 0 Å². The molecule has 5 nitrogen and oxygen atoms in total. The zero-order valence-electron chi connectivity index (χ0n) is 16.9. The van der Waals surface area contributed by atoms with Gasteiger partial charge in [-0.1, -0.05) is 42.5 Å². The highest BCUT2D eigenvalue weighted by Crippen LogP contribution is 2.32. The van der Waals surface area contributed by atoms with Crippen LogP contribution in [0.25, 0.3) is 11.1 Å². The summed E-state index contributed by atoms with van der Waals surface area (Å²) in [4.78, 5) is 11.1. The van der Waals surface area contributed by atoms with Crippen molar-refractivity contribution in [3.63, 3.8) is 0 Å². The molecule has 0 aromatic heterocycles. The minimum Gasteiger partial charge on any atom is -0.496 e. The van der Waals surface area contributed by atoms with Crippen LogP contribution in [0.4, 0.5) is 4.39 Å². The maximum absolute atomic E-state index is 15.0. The normalized spacial score (nSPS) is 11.7. The highest BCUT2D eigenvalue weighted by Gasteiger charge is 2.15. The monoisotopic (exact) mass is 409 g/mol. The van der Waals surface area contributed by atoms with Crippen molar-refractivity contribution in [1.82, 2.24) is 0 Å². The third kappa shape index (κ3) is 4.78. The van der Waals surface area contributed by atoms with E-state index in [1.807, 2.05) is 6.07 Å². The predicted molar refractivity (Wildman–Crippen MR) is 113 cm³/mol. The summed E-state index contributed by atoms with van der Waals surface area (Å²) in [6, 6.07) is 17.1. The first kappa shape index (κ1) is 21.3. The molecule has 3 N–H and O–H groups in total. The van der Waals surface area contributed by atoms with Crippen LogP contribution in [0.15, 0.2) is 60.7 Å². The number of ether oxygens (including phenoxy) is 2. The van der Waals surface area contributed by atoms with Crippen LogP contribution in [0, 0.1) is 5.82 Å². The second-order valence-corrected chi connectivity index (χ2v) is 6.99. The van der Waals surface area contributed by atoms with Gasteiger partial charge in [-0.25, -0.2) is 4.39 Å². The molecule has 1 atom stereocenters. The lowest BCUT2D eigenvalue weighted by Gasteiger charge is -2.15. The fourth-order valence-corrected chi connectivity index (χ4v) is 3.29. The molecule has 30 heavy (non-hydrogen) atoms. The molecule has 0 aliphatic rings. The summed E-state index contributed by atoms with van der Waals surface area (Å²) >= 11 is 0. The van der Waals surface area contributed by atoms with Crippen LogP contribution in [0.2, 0.25) is 0 Å². The number of rotatable bonds is 8. The Hall–Kier alpha value is -3.38. The first-order valence-corrected chi connectivity index (χ1v) is 9.54. The lowest BCUT2D eigenvalue weighted by Crippen LogP contribution is -2.08. The van der Waals surface area contributed by atoms with E-state index < -0.39 is 12.0 Å². The van der Waals surface area contributed by atoms with Gasteiger partial charge in [-0.3, -0.25) is 4.79 Å². The molecule has 0 amide bonds. The predicted octanol–water partition coefficient (Wildman–Crippen LogP) is 4.73. The van der Waals surface area contributed by atoms with Crippen LogP contribution in [-0.2, 0) is 17.8 Å². The molecule has 0 radical (unpaired) electrons. The molecular weight excluding hydrogens is 385 g/mol. The lowest BCUT2D eigenvalue weighted by atomic mass is 9.97. The second-order valence-electron chi connectivity index (χ2n) is 6.99. The summed E-state index contributed by atoms with van der Waals surface area (Å²) in [5.74, 6) is -0.206. The average Bonchev–Trinajstić information content (AvgIpc) is 2.72. The number of carboxylic acid groups (broad SMARTS) is 1. The number of hydrogen-bond acceptors (Lipinski definition) is 4. The molecule has 0 saturated carbocycles. The van der Waals surface area contributed by atoms with Crippen LogP contribution in [0.1, 0.15) is 29.7 Å². The average molecular weight is 409 g/mol. The van der Waals surface area contributed by atoms with Gasteiger partial charge in [-0.05, 0) is 30.7 Å². The van der Waals surface area contributed by atoms with Crippen molar-refractivity contribution in [3.8, 4) is 22.6 Å². The van der Waals surface area contributed by atoms with Gasteiger partial charge in [0, 0.05) is 28.3 Å². The van der Waals surface area contributed by atoms with Crippen molar-refractivity contribution in [2.75, 3.05) is 7.11 Å². The quantitative estimate of drug-likeness (QED) is 0.562. The number of carbonyl (C=O) groups is 1. The second kappa shape index (κ2) is 9.41. The topological polar surface area (TPSA) is 81.8 Å². The molecule has 0 heterocycles. The minimum atomic E-state index is -0.935. The van der Waals surface area contributed by atoms with E-state index in [2.05, 4.69) is 0 Å². The summed E-state index contributed by atoms with van der Waals surface area (Å²) in [7, 11) is 1.55. The Labute approximate surface area is 174 Å². The summed E-state index contributed by atoms with van der Waals surface area (Å²) in [6.07, 6.45) is -0.136. The van der Waals surface area contributed by atoms with Gasteiger partial charge >= 0.3 is 5.97 Å². The van der Waals surface area contributed by atoms with E-state index >= 15 is 0 Å². The summed E-state index contributed by atoms with van der Waals surface area (Å²) in [6.45, 7) is 1.88. The van der Waals surface area contributed by atoms with Crippen molar-refractivity contribution in [1.29, 1.82) is 0 Å². The molecule has 0 saturated heterocycles. The fraction of sp³-hybridized carbons (Fsp3) is 0.208. The zero-order valence-corrected chi connectivity index (χ0v) is 16.9. The van der Waals surface area contributed by atoms with Gasteiger partial charge in [-0.15, -0.1) is 0 Å². The number of para-hydroxylation sites is 1. The molecule has 3 rings (SSSR count). The van der Waals surface area contributed by atoms with Crippen LogP contribution in [-0.4, -0.2) is 18.2 Å². The Morgan fingerprint density at radius 1 is 1.07 bits per heavy atom. The summed E-state index contributed by atoms with van der Waals surface area (Å²) < 4.78 is 26.3. The Morgan fingerprint density at radius 3 is 2.53 bits per heavy atom. The SMILES string of the molecule is COc1ccc(-c2cccc(C(C)N)c2F)cc1COc1ccccc1CC(=O)O. The molecule has 3 aromatic rings. The molecule has 0 bridgehead atoms. The van der Waals surface area contributed by atoms with Crippen LogP contribution >= 0.6 is 0 Å². The van der Waals surface area contributed by atoms with Gasteiger partial charge in [-0.2, -0.15) is 0 Å². The molecule has 1 unspecified atom stereocenters. The van der Waals surface area contributed by atoms with E-state index in [1.54, 1.807) is 68.6 Å². The van der Waals surface area contributed by atoms with Gasteiger partial charge in [0.15, 0.2) is 0 Å². The maximum Gasteiger partial charge on any atom is 0.307 e. The number of nitrogens with two attached hydrogens (primary N) is 1. The van der Waals surface area contributed by atoms with E-state index in [-0.39, 0.29) is 18.8 Å². The summed E-state index contributed by atoms with van der Waals surface area (Å²) in [5.41, 5.74) is 8.74. The molecule has 6 heteroatoms. The third-order valence-electron chi connectivity index (χ3n) is 4.81. The van der Waals surface area contributed by atoms with Crippen molar-refractivity contribution in [2.45, 2.75) is 26.0 Å². The Kier molecular flexibility index (Phi) is 6.69. The van der Waals surface area contributed by atoms with Gasteiger partial charge in [0.1, 0.15) is 23.9 Å². The number of benzene rings is 3. The van der Waals surface area contributed by atoms with Crippen molar-refractivity contribution in [2.24, 2.45) is 5.73 Å². The van der Waals surface area contributed by atoms with Crippen LogP contribution < -0.4 is 15.2 Å². The standard InChI is InChI=1S/C24H24FNO4/c1-15(26)19-7-5-8-20(24(19)25)16-10-11-21(29-2)18(12-16)14-30-22-9-4-3-6-17(22)13-23(27)28/h3-12,15H,13-14,26H2,1-2H3,(H,27,28). The maximum atomic E-state index is 15.0. The fourth-order valence-electron chi connectivity index (χ4n) is 3.29. The molecule has 156 valence electrons. The van der Waals surface area contributed by atoms with E-state index in [4.69, 9.17) is 20.3 Å². The van der Waals surface area contributed by atoms with E-state index in [0.29, 0.717) is 39.3 Å². The van der Waals surface area contributed by atoms with E-state index in [0.717, 1.165) is 0 Å². The van der Waals surface area contributed by atoms with E-state index in [9.17, 15) is 9.18 Å². The third-order valence-corrected chi connectivity index (χ3v) is 4.81. The molecule has 0 aliphatic carbocycles.